The third-order valence-corrected chi connectivity index (χ3v) is 3.26. The van der Waals surface area contributed by atoms with Gasteiger partial charge in [0.25, 0.3) is 0 Å². The number of hydrogen-bond donors (Lipinski definition) is 0. The van der Waals surface area contributed by atoms with Gasteiger partial charge in [0.15, 0.2) is 0 Å². The highest BCUT2D eigenvalue weighted by Gasteiger charge is 1.94. The molecule has 0 aromatic rings. The second kappa shape index (κ2) is 22.7. The van der Waals surface area contributed by atoms with E-state index in [9.17, 15) is 0 Å². The average molecular weight is 368 g/mol. The van der Waals surface area contributed by atoms with Crippen LogP contribution in [0.15, 0.2) is 5.11 Å². The van der Waals surface area contributed by atoms with Gasteiger partial charge in [-0.2, -0.15) is 0 Å². The summed E-state index contributed by atoms with van der Waals surface area (Å²) in [6.07, 6.45) is 4.53. The Morgan fingerprint density at radius 2 is 0.958 bits per heavy atom. The zero-order valence-corrected chi connectivity index (χ0v) is 15.4. The van der Waals surface area contributed by atoms with Crippen LogP contribution < -0.4 is 0 Å². The summed E-state index contributed by atoms with van der Waals surface area (Å²) < 4.78 is 26.7. The molecule has 8 heteroatoms. The van der Waals surface area contributed by atoms with Crippen LogP contribution in [0.5, 0.6) is 0 Å². The highest BCUT2D eigenvalue weighted by Crippen LogP contribution is 2.01. The number of rotatable bonds is 21. The second-order valence-corrected chi connectivity index (χ2v) is 5.41. The lowest BCUT2D eigenvalue weighted by atomic mass is 10.2. The van der Waals surface area contributed by atoms with Gasteiger partial charge in [-0.05, 0) is 12.8 Å². The minimum atomic E-state index is 0.294. The molecule has 0 aliphatic carbocycles. The molecule has 0 aliphatic rings. The largest absolute Gasteiger partial charge is 0.712 e. The van der Waals surface area contributed by atoms with Gasteiger partial charge in [0.1, 0.15) is 0 Å². The first-order valence-corrected chi connectivity index (χ1v) is 9.20. The molecule has 144 valence electrons. The number of unbranched alkanes of at least 4 members (excludes halogenated alkanes) is 3. The summed E-state index contributed by atoms with van der Waals surface area (Å²) in [6, 6.07) is 0. The van der Waals surface area contributed by atoms with Crippen molar-refractivity contribution in [1.82, 2.24) is 0 Å². The van der Waals surface area contributed by atoms with E-state index in [1.54, 1.807) is 0 Å². The van der Waals surface area contributed by atoms with E-state index in [-0.39, 0.29) is 0 Å². The summed E-state index contributed by atoms with van der Waals surface area (Å²) in [5.74, 6) is 0.750. The quantitative estimate of drug-likeness (QED) is 0.177. The molecule has 7 nitrogen and oxygen atoms in total. The van der Waals surface area contributed by atoms with Gasteiger partial charge >= 0.3 is 0 Å². The first-order valence-electron chi connectivity index (χ1n) is 8.67. The predicted molar refractivity (Wildman–Crippen MR) is 93.9 cm³/mol. The van der Waals surface area contributed by atoms with Gasteiger partial charge in [-0.3, -0.25) is 0 Å². The molecule has 0 spiro atoms. The van der Waals surface area contributed by atoms with Crippen LogP contribution in [0.25, 0.3) is 5.53 Å². The van der Waals surface area contributed by atoms with Crippen molar-refractivity contribution < 1.29 is 23.7 Å². The predicted octanol–water partition coefficient (Wildman–Crippen LogP) is 2.89. The molecule has 0 fully saturated rings. The maximum absolute atomic E-state index is 8.19. The summed E-state index contributed by atoms with van der Waals surface area (Å²) >= 11 is 5.61. The van der Waals surface area contributed by atoms with Crippen molar-refractivity contribution in [3.05, 3.63) is 5.53 Å². The van der Waals surface area contributed by atoms with Crippen molar-refractivity contribution in [3.63, 3.8) is 0 Å². The molecule has 0 aromatic heterocycles. The minimum absolute atomic E-state index is 0.294. The minimum Gasteiger partial charge on any atom is -0.712 e. The van der Waals surface area contributed by atoms with Gasteiger partial charge in [0.05, 0.1) is 59.5 Å². The molecule has 0 aromatic carbocycles. The lowest BCUT2D eigenvalue weighted by molar-refractivity contribution is -0.0107. The first-order chi connectivity index (χ1) is 11.9. The molecule has 0 unspecified atom stereocenters. The van der Waals surface area contributed by atoms with E-state index in [4.69, 9.17) is 40.8 Å². The fourth-order valence-electron chi connectivity index (χ4n) is 1.74. The van der Waals surface area contributed by atoms with E-state index >= 15 is 0 Å². The maximum atomic E-state index is 8.19. The molecule has 0 rings (SSSR count). The second-order valence-electron chi connectivity index (χ2n) is 5.03. The van der Waals surface area contributed by atoms with Gasteiger partial charge in [-0.1, -0.05) is 12.8 Å². The van der Waals surface area contributed by atoms with Gasteiger partial charge in [0.2, 0.25) is 0 Å². The molecular formula is C16H32ClN2O5-. The normalized spacial score (nSPS) is 11.0. The number of hydrogen-bond acceptors (Lipinski definition) is 6. The van der Waals surface area contributed by atoms with E-state index in [2.05, 4.69) is 5.11 Å². The van der Waals surface area contributed by atoms with E-state index < -0.39 is 0 Å². The smallest absolute Gasteiger partial charge is 0.0701 e. The van der Waals surface area contributed by atoms with Crippen molar-refractivity contribution in [3.8, 4) is 0 Å². The zero-order chi connectivity index (χ0) is 17.6. The maximum Gasteiger partial charge on any atom is 0.0701 e. The van der Waals surface area contributed by atoms with Crippen LogP contribution in [-0.2, 0) is 23.7 Å². The van der Waals surface area contributed by atoms with Crippen LogP contribution in [0, 0.1) is 0 Å². The standard InChI is InChI=1S/C16H32ClN2O5/c17-5-3-1-2-4-7-20-9-11-22-13-15-24-16-14-23-12-10-21-8-6-19-18/h1-16H2/q-1. The molecule has 24 heavy (non-hydrogen) atoms. The van der Waals surface area contributed by atoms with Crippen molar-refractivity contribution in [2.24, 2.45) is 5.11 Å². The Morgan fingerprint density at radius 3 is 1.42 bits per heavy atom. The van der Waals surface area contributed by atoms with Crippen LogP contribution in [-0.4, -0.2) is 78.5 Å². The average Bonchev–Trinajstić information content (AvgIpc) is 2.60. The summed E-state index contributed by atoms with van der Waals surface area (Å²) in [5.41, 5.74) is 8.19. The summed E-state index contributed by atoms with van der Waals surface area (Å²) in [5, 5.41) is 2.94. The van der Waals surface area contributed by atoms with Gasteiger partial charge in [-0.25, -0.2) is 0 Å². The van der Waals surface area contributed by atoms with Crippen molar-refractivity contribution in [2.75, 3.05) is 78.5 Å². The summed E-state index contributed by atoms with van der Waals surface area (Å²) in [4.78, 5) is 0. The third kappa shape index (κ3) is 21.7. The fraction of sp³-hybridized carbons (Fsp3) is 1.00. The van der Waals surface area contributed by atoms with E-state index in [1.165, 1.54) is 12.8 Å². The lowest BCUT2D eigenvalue weighted by Crippen LogP contribution is -2.13. The Hall–Kier alpha value is -0.310. The van der Waals surface area contributed by atoms with E-state index in [1.807, 2.05) is 0 Å². The Bertz CT molecular complexity index is 251. The highest BCUT2D eigenvalue weighted by molar-refractivity contribution is 6.17. The third-order valence-electron chi connectivity index (χ3n) is 3.00. The van der Waals surface area contributed by atoms with Crippen LogP contribution >= 0.6 is 11.6 Å². The Balaban J connectivity index is 2.94. The SMILES string of the molecule is [N-]=NCCOCCOCCOCCOCCOCCCCCCCl. The summed E-state index contributed by atoms with van der Waals surface area (Å²) in [6.45, 7) is 5.89. The molecule has 0 aliphatic heterocycles. The molecule has 0 saturated heterocycles. The number of halogens is 1. The molecule has 0 bridgehead atoms. The first kappa shape index (κ1) is 23.7. The Labute approximate surface area is 150 Å². The zero-order valence-electron chi connectivity index (χ0n) is 14.6. The molecule has 0 heterocycles. The number of ether oxygens (including phenoxy) is 5. The van der Waals surface area contributed by atoms with Gasteiger partial charge in [0, 0.05) is 19.0 Å². The van der Waals surface area contributed by atoms with Crippen molar-refractivity contribution >= 4 is 11.6 Å². The van der Waals surface area contributed by atoms with Gasteiger partial charge in [-0.15, -0.1) is 11.6 Å². The van der Waals surface area contributed by atoms with Crippen LogP contribution in [0.1, 0.15) is 25.7 Å². The molecule has 0 amide bonds. The molecule has 0 N–H and O–H groups in total. The molecular weight excluding hydrogens is 336 g/mol. The summed E-state index contributed by atoms with van der Waals surface area (Å²) in [7, 11) is 0. The Morgan fingerprint density at radius 1 is 0.542 bits per heavy atom. The van der Waals surface area contributed by atoms with E-state index in [0.29, 0.717) is 66.0 Å². The van der Waals surface area contributed by atoms with E-state index in [0.717, 1.165) is 25.3 Å². The van der Waals surface area contributed by atoms with Gasteiger partial charge < -0.3 is 34.3 Å². The van der Waals surface area contributed by atoms with Crippen molar-refractivity contribution in [2.45, 2.75) is 25.7 Å². The van der Waals surface area contributed by atoms with Crippen LogP contribution in [0.3, 0.4) is 0 Å². The van der Waals surface area contributed by atoms with Crippen molar-refractivity contribution in [1.29, 1.82) is 0 Å². The Kier molecular flexibility index (Phi) is 22.4. The highest BCUT2D eigenvalue weighted by atomic mass is 35.5. The van der Waals surface area contributed by atoms with Crippen LogP contribution in [0.4, 0.5) is 0 Å². The lowest BCUT2D eigenvalue weighted by Gasteiger charge is -2.08. The molecule has 0 atom stereocenters. The number of alkyl halides is 1. The number of nitrogens with zero attached hydrogens (tertiary/aromatic N) is 2. The topological polar surface area (TPSA) is 80.8 Å². The fourth-order valence-corrected chi connectivity index (χ4v) is 1.93. The monoisotopic (exact) mass is 367 g/mol. The van der Waals surface area contributed by atoms with Crippen LogP contribution in [0.2, 0.25) is 0 Å². The molecule has 0 saturated carbocycles. The molecule has 0 radical (unpaired) electrons.